The van der Waals surface area contributed by atoms with Crippen LogP contribution >= 0.6 is 0 Å². The lowest BCUT2D eigenvalue weighted by Gasteiger charge is -2.07. The topological polar surface area (TPSA) is 62.5 Å². The third-order valence-corrected chi connectivity index (χ3v) is 3.13. The number of benzene rings is 2. The Kier molecular flexibility index (Phi) is 2.91. The van der Waals surface area contributed by atoms with Crippen LogP contribution in [0, 0.1) is 6.92 Å². The van der Waals surface area contributed by atoms with Crippen molar-refractivity contribution in [2.75, 3.05) is 5.32 Å². The van der Waals surface area contributed by atoms with E-state index in [9.17, 15) is 9.90 Å². The van der Waals surface area contributed by atoms with Crippen LogP contribution < -0.4 is 5.32 Å². The number of amides is 1. The largest absolute Gasteiger partial charge is 0.506 e. The van der Waals surface area contributed by atoms with E-state index in [0.717, 1.165) is 10.9 Å². The van der Waals surface area contributed by atoms with Gasteiger partial charge in [0, 0.05) is 5.39 Å². The number of phenolic OH excluding ortho intramolecular Hbond substituents is 1. The van der Waals surface area contributed by atoms with Crippen LogP contribution in [0.4, 0.5) is 5.69 Å². The zero-order valence-electron chi connectivity index (χ0n) is 10.9. The second-order valence-corrected chi connectivity index (χ2v) is 4.62. The quantitative estimate of drug-likeness (QED) is 0.696. The van der Waals surface area contributed by atoms with Gasteiger partial charge in [0.05, 0.1) is 11.3 Å². The van der Waals surface area contributed by atoms with E-state index in [1.54, 1.807) is 18.2 Å². The average molecular weight is 267 g/mol. The molecule has 2 N–H and O–H groups in total. The number of phenols is 1. The molecule has 0 saturated heterocycles. The Morgan fingerprint density at radius 1 is 1.20 bits per heavy atom. The molecule has 0 aliphatic heterocycles. The number of fused-ring (bicyclic) bond motifs is 1. The van der Waals surface area contributed by atoms with Gasteiger partial charge in [0.15, 0.2) is 0 Å². The summed E-state index contributed by atoms with van der Waals surface area (Å²) in [6.07, 6.45) is 1.42. The monoisotopic (exact) mass is 267 g/mol. The lowest BCUT2D eigenvalue weighted by molar-refractivity contribution is 0.102. The van der Waals surface area contributed by atoms with E-state index in [2.05, 4.69) is 5.32 Å². The molecule has 0 saturated carbocycles. The van der Waals surface area contributed by atoms with Gasteiger partial charge in [-0.3, -0.25) is 4.79 Å². The minimum atomic E-state index is -0.311. The van der Waals surface area contributed by atoms with Crippen LogP contribution in [0.2, 0.25) is 0 Å². The Hall–Kier alpha value is -2.75. The van der Waals surface area contributed by atoms with Crippen LogP contribution in [0.15, 0.2) is 53.1 Å². The van der Waals surface area contributed by atoms with Crippen molar-refractivity contribution in [3.63, 3.8) is 0 Å². The molecule has 1 amide bonds. The summed E-state index contributed by atoms with van der Waals surface area (Å²) in [4.78, 5) is 12.2. The van der Waals surface area contributed by atoms with Crippen LogP contribution in [0.1, 0.15) is 15.9 Å². The average Bonchev–Trinajstić information content (AvgIpc) is 2.86. The van der Waals surface area contributed by atoms with E-state index in [1.807, 2.05) is 31.2 Å². The van der Waals surface area contributed by atoms with Crippen LogP contribution in [0.25, 0.3) is 11.0 Å². The number of hydrogen-bond acceptors (Lipinski definition) is 3. The van der Waals surface area contributed by atoms with Gasteiger partial charge in [-0.25, -0.2) is 0 Å². The van der Waals surface area contributed by atoms with Gasteiger partial charge in [0.1, 0.15) is 17.6 Å². The molecule has 100 valence electrons. The Morgan fingerprint density at radius 2 is 2.00 bits per heavy atom. The normalized spacial score (nSPS) is 10.7. The molecule has 20 heavy (non-hydrogen) atoms. The summed E-state index contributed by atoms with van der Waals surface area (Å²) in [6, 6.07) is 12.4. The third kappa shape index (κ3) is 2.12. The number of aromatic hydroxyl groups is 1. The highest BCUT2D eigenvalue weighted by Gasteiger charge is 2.14. The van der Waals surface area contributed by atoms with E-state index < -0.39 is 0 Å². The molecule has 0 atom stereocenters. The van der Waals surface area contributed by atoms with Gasteiger partial charge in [0.2, 0.25) is 0 Å². The Balaban J connectivity index is 1.93. The second kappa shape index (κ2) is 4.74. The summed E-state index contributed by atoms with van der Waals surface area (Å²) < 4.78 is 5.33. The Labute approximate surface area is 115 Å². The molecule has 0 bridgehead atoms. The molecule has 0 radical (unpaired) electrons. The van der Waals surface area contributed by atoms with E-state index in [1.165, 1.54) is 6.26 Å². The first-order valence-corrected chi connectivity index (χ1v) is 6.22. The summed E-state index contributed by atoms with van der Waals surface area (Å²) in [5, 5.41) is 13.2. The molecule has 0 spiro atoms. The zero-order valence-corrected chi connectivity index (χ0v) is 10.9. The van der Waals surface area contributed by atoms with Crippen molar-refractivity contribution in [1.29, 1.82) is 0 Å². The molecule has 0 fully saturated rings. The van der Waals surface area contributed by atoms with Crippen molar-refractivity contribution in [2.45, 2.75) is 6.92 Å². The van der Waals surface area contributed by atoms with Crippen LogP contribution in [0.3, 0.4) is 0 Å². The molecule has 4 nitrogen and oxygen atoms in total. The predicted molar refractivity (Wildman–Crippen MR) is 77.0 cm³/mol. The van der Waals surface area contributed by atoms with Gasteiger partial charge < -0.3 is 14.8 Å². The third-order valence-electron chi connectivity index (χ3n) is 3.13. The van der Waals surface area contributed by atoms with Crippen LogP contribution in [-0.2, 0) is 0 Å². The van der Waals surface area contributed by atoms with E-state index in [4.69, 9.17) is 4.42 Å². The summed E-state index contributed by atoms with van der Waals surface area (Å²) in [7, 11) is 0. The molecule has 0 aliphatic rings. The fourth-order valence-corrected chi connectivity index (χ4v) is 2.09. The first-order chi connectivity index (χ1) is 9.65. The summed E-state index contributed by atoms with van der Waals surface area (Å²) in [6.45, 7) is 1.87. The Bertz CT molecular complexity index is 789. The zero-order chi connectivity index (χ0) is 14.1. The van der Waals surface area contributed by atoms with Gasteiger partial charge in [-0.1, -0.05) is 24.3 Å². The number of aryl methyl sites for hydroxylation is 1. The number of hydrogen-bond donors (Lipinski definition) is 2. The molecule has 1 aromatic heterocycles. The molecular formula is C16H13NO3. The molecule has 2 aromatic carbocycles. The molecule has 1 heterocycles. The number of anilines is 1. The number of furan rings is 1. The van der Waals surface area contributed by atoms with Gasteiger partial charge in [0.25, 0.3) is 5.91 Å². The molecule has 3 aromatic rings. The van der Waals surface area contributed by atoms with Gasteiger partial charge in [-0.2, -0.15) is 0 Å². The van der Waals surface area contributed by atoms with Gasteiger partial charge >= 0.3 is 0 Å². The van der Waals surface area contributed by atoms with Crippen molar-refractivity contribution >= 4 is 22.6 Å². The van der Waals surface area contributed by atoms with E-state index >= 15 is 0 Å². The standard InChI is InChI=1S/C16H13NO3/c1-10-6-7-13(14(18)8-10)17-16(19)12-9-20-15-5-3-2-4-11(12)15/h2-9,18H,1H3,(H,17,19). The maximum Gasteiger partial charge on any atom is 0.259 e. The molecule has 4 heteroatoms. The maximum absolute atomic E-state index is 12.2. The fraction of sp³-hybridized carbons (Fsp3) is 0.0625. The fourth-order valence-electron chi connectivity index (χ4n) is 2.09. The van der Waals surface area contributed by atoms with E-state index in [0.29, 0.717) is 16.8 Å². The van der Waals surface area contributed by atoms with Crippen molar-refractivity contribution in [1.82, 2.24) is 0 Å². The highest BCUT2D eigenvalue weighted by atomic mass is 16.3. The first-order valence-electron chi connectivity index (χ1n) is 6.22. The SMILES string of the molecule is Cc1ccc(NC(=O)c2coc3ccccc23)c(O)c1. The van der Waals surface area contributed by atoms with Crippen molar-refractivity contribution in [2.24, 2.45) is 0 Å². The minimum Gasteiger partial charge on any atom is -0.506 e. The van der Waals surface area contributed by atoms with Crippen molar-refractivity contribution in [3.05, 3.63) is 59.9 Å². The highest BCUT2D eigenvalue weighted by molar-refractivity contribution is 6.12. The number of carbonyl (C=O) groups is 1. The van der Waals surface area contributed by atoms with Crippen molar-refractivity contribution in [3.8, 4) is 5.75 Å². The molecule has 3 rings (SSSR count). The number of para-hydroxylation sites is 1. The predicted octanol–water partition coefficient (Wildman–Crippen LogP) is 3.70. The summed E-state index contributed by atoms with van der Waals surface area (Å²) in [5.41, 5.74) is 2.41. The number of nitrogens with one attached hydrogen (secondary N) is 1. The highest BCUT2D eigenvalue weighted by Crippen LogP contribution is 2.26. The number of carbonyl (C=O) groups excluding carboxylic acids is 1. The smallest absolute Gasteiger partial charge is 0.259 e. The first kappa shape index (κ1) is 12.3. The Morgan fingerprint density at radius 3 is 2.80 bits per heavy atom. The molecule has 0 aliphatic carbocycles. The van der Waals surface area contributed by atoms with E-state index in [-0.39, 0.29) is 11.7 Å². The van der Waals surface area contributed by atoms with Gasteiger partial charge in [-0.15, -0.1) is 0 Å². The lowest BCUT2D eigenvalue weighted by Crippen LogP contribution is -2.11. The minimum absolute atomic E-state index is 0.0474. The maximum atomic E-state index is 12.2. The molecule has 0 unspecified atom stereocenters. The number of rotatable bonds is 2. The summed E-state index contributed by atoms with van der Waals surface area (Å²) >= 11 is 0. The van der Waals surface area contributed by atoms with Crippen molar-refractivity contribution < 1.29 is 14.3 Å². The second-order valence-electron chi connectivity index (χ2n) is 4.62. The lowest BCUT2D eigenvalue weighted by atomic mass is 10.1. The van der Waals surface area contributed by atoms with Gasteiger partial charge in [-0.05, 0) is 30.7 Å². The van der Waals surface area contributed by atoms with Crippen LogP contribution in [0.5, 0.6) is 5.75 Å². The van der Waals surface area contributed by atoms with Crippen LogP contribution in [-0.4, -0.2) is 11.0 Å². The summed E-state index contributed by atoms with van der Waals surface area (Å²) in [5.74, 6) is -0.264. The molecular weight excluding hydrogens is 254 g/mol.